The van der Waals surface area contributed by atoms with Crippen LogP contribution in [0.4, 0.5) is 5.95 Å². The van der Waals surface area contributed by atoms with Crippen LogP contribution in [0, 0.1) is 0 Å². The second-order valence-corrected chi connectivity index (χ2v) is 6.18. The Labute approximate surface area is 143 Å². The molecule has 0 aliphatic carbocycles. The van der Waals surface area contributed by atoms with Gasteiger partial charge in [-0.3, -0.25) is 0 Å². The fourth-order valence-electron chi connectivity index (χ4n) is 3.09. The van der Waals surface area contributed by atoms with Crippen molar-refractivity contribution < 1.29 is 19.4 Å². The summed E-state index contributed by atoms with van der Waals surface area (Å²) in [6, 6.07) is 6.98. The molecular weight excluding hydrogens is 322 g/mol. The number of furan rings is 1. The molecule has 25 heavy (non-hydrogen) atoms. The lowest BCUT2D eigenvalue weighted by Gasteiger charge is -2.29. The summed E-state index contributed by atoms with van der Waals surface area (Å²) < 4.78 is 5.35. The molecule has 0 bridgehead atoms. The van der Waals surface area contributed by atoms with Gasteiger partial charge in [-0.2, -0.15) is 0 Å². The van der Waals surface area contributed by atoms with E-state index in [1.165, 1.54) is 6.07 Å². The Kier molecular flexibility index (Phi) is 3.85. The zero-order chi connectivity index (χ0) is 17.4. The zero-order valence-corrected chi connectivity index (χ0v) is 13.4. The minimum absolute atomic E-state index is 0.0811. The number of anilines is 1. The molecule has 4 rings (SSSR count). The normalized spacial score (nSPS) is 17.8. The van der Waals surface area contributed by atoms with Crippen LogP contribution in [0.5, 0.6) is 0 Å². The maximum Gasteiger partial charge on any atom is 0.371 e. The molecule has 1 fully saturated rings. The Bertz CT molecular complexity index is 920. The van der Waals surface area contributed by atoms with Gasteiger partial charge in [-0.1, -0.05) is 12.1 Å². The number of β-amino-alcohol motifs (C(OH)–C–C–N with tert-alkyl or cyclic N) is 1. The number of carboxylic acid groups (broad SMARTS) is 1. The van der Waals surface area contributed by atoms with Crippen molar-refractivity contribution in [2.24, 2.45) is 0 Å². The highest BCUT2D eigenvalue weighted by Gasteiger charge is 2.19. The van der Waals surface area contributed by atoms with E-state index in [9.17, 15) is 9.90 Å². The first-order valence-electron chi connectivity index (χ1n) is 8.12. The Balaban J connectivity index is 1.61. The number of aromatic nitrogens is 2. The number of rotatable bonds is 3. The van der Waals surface area contributed by atoms with Gasteiger partial charge in [0, 0.05) is 36.4 Å². The molecule has 1 aliphatic heterocycles. The number of aromatic carboxylic acids is 1. The summed E-state index contributed by atoms with van der Waals surface area (Å²) in [6.07, 6.45) is 4.86. The van der Waals surface area contributed by atoms with Crippen LogP contribution in [-0.2, 0) is 0 Å². The number of hydrogen-bond donors (Lipinski definition) is 2. The molecule has 0 spiro atoms. The van der Waals surface area contributed by atoms with Crippen molar-refractivity contribution >= 4 is 22.9 Å². The van der Waals surface area contributed by atoms with Crippen molar-refractivity contribution in [2.75, 3.05) is 18.0 Å². The second kappa shape index (κ2) is 6.18. The SMILES string of the molecule is O=C(O)c1cc2ccc(-c3cnc(N4CCCC(O)C4)nc3)cc2o1. The Morgan fingerprint density at radius 2 is 2.00 bits per heavy atom. The van der Waals surface area contributed by atoms with E-state index in [1.807, 2.05) is 17.0 Å². The van der Waals surface area contributed by atoms with Crippen molar-refractivity contribution in [2.45, 2.75) is 18.9 Å². The van der Waals surface area contributed by atoms with Crippen LogP contribution in [0.3, 0.4) is 0 Å². The first-order valence-corrected chi connectivity index (χ1v) is 8.12. The van der Waals surface area contributed by atoms with Crippen molar-refractivity contribution in [3.05, 3.63) is 42.4 Å². The molecule has 0 amide bonds. The number of piperidine rings is 1. The average molecular weight is 339 g/mol. The summed E-state index contributed by atoms with van der Waals surface area (Å²) in [5.41, 5.74) is 2.18. The fourth-order valence-corrected chi connectivity index (χ4v) is 3.09. The number of hydrogen-bond acceptors (Lipinski definition) is 6. The third kappa shape index (κ3) is 3.06. The van der Waals surface area contributed by atoms with E-state index < -0.39 is 5.97 Å². The quantitative estimate of drug-likeness (QED) is 0.756. The predicted octanol–water partition coefficient (Wildman–Crippen LogP) is 2.55. The molecule has 7 heteroatoms. The third-order valence-corrected chi connectivity index (χ3v) is 4.38. The minimum atomic E-state index is -1.09. The van der Waals surface area contributed by atoms with Crippen LogP contribution in [-0.4, -0.2) is 45.3 Å². The molecule has 3 heterocycles. The third-order valence-electron chi connectivity index (χ3n) is 4.38. The van der Waals surface area contributed by atoms with Gasteiger partial charge in [0.05, 0.1) is 6.10 Å². The van der Waals surface area contributed by atoms with Gasteiger partial charge in [-0.25, -0.2) is 14.8 Å². The van der Waals surface area contributed by atoms with Gasteiger partial charge < -0.3 is 19.5 Å². The molecule has 0 saturated carbocycles. The average Bonchev–Trinajstić information content (AvgIpc) is 3.05. The Morgan fingerprint density at radius 1 is 1.20 bits per heavy atom. The largest absolute Gasteiger partial charge is 0.475 e. The highest BCUT2D eigenvalue weighted by Crippen LogP contribution is 2.27. The van der Waals surface area contributed by atoms with E-state index in [1.54, 1.807) is 18.5 Å². The number of carboxylic acids is 1. The van der Waals surface area contributed by atoms with E-state index >= 15 is 0 Å². The summed E-state index contributed by atoms with van der Waals surface area (Å²) in [7, 11) is 0. The van der Waals surface area contributed by atoms with Gasteiger partial charge in [0.1, 0.15) is 5.58 Å². The summed E-state index contributed by atoms with van der Waals surface area (Å²) in [5.74, 6) is -0.564. The lowest BCUT2D eigenvalue weighted by atomic mass is 10.1. The summed E-state index contributed by atoms with van der Waals surface area (Å²) in [5, 5.41) is 19.5. The van der Waals surface area contributed by atoms with Gasteiger partial charge >= 0.3 is 5.97 Å². The molecular formula is C18H17N3O4. The van der Waals surface area contributed by atoms with Gasteiger partial charge in [0.15, 0.2) is 0 Å². The number of fused-ring (bicyclic) bond motifs is 1. The molecule has 3 aromatic rings. The molecule has 1 aromatic carbocycles. The van der Waals surface area contributed by atoms with E-state index in [0.717, 1.165) is 35.9 Å². The van der Waals surface area contributed by atoms with Gasteiger partial charge in [0.2, 0.25) is 11.7 Å². The fraction of sp³-hybridized carbons (Fsp3) is 0.278. The van der Waals surface area contributed by atoms with Crippen molar-refractivity contribution in [3.8, 4) is 11.1 Å². The number of benzene rings is 1. The number of aliphatic hydroxyl groups is 1. The Hall–Kier alpha value is -2.93. The van der Waals surface area contributed by atoms with Crippen LogP contribution in [0.25, 0.3) is 22.1 Å². The summed E-state index contributed by atoms with van der Waals surface area (Å²) >= 11 is 0. The highest BCUT2D eigenvalue weighted by atomic mass is 16.4. The Morgan fingerprint density at radius 3 is 2.72 bits per heavy atom. The van der Waals surface area contributed by atoms with E-state index in [4.69, 9.17) is 9.52 Å². The molecule has 1 saturated heterocycles. The van der Waals surface area contributed by atoms with Gasteiger partial charge in [0.25, 0.3) is 0 Å². The number of nitrogens with zero attached hydrogens (tertiary/aromatic N) is 3. The predicted molar refractivity (Wildman–Crippen MR) is 91.7 cm³/mol. The molecule has 128 valence electrons. The van der Waals surface area contributed by atoms with Crippen molar-refractivity contribution in [1.29, 1.82) is 0 Å². The molecule has 2 N–H and O–H groups in total. The van der Waals surface area contributed by atoms with Crippen LogP contribution >= 0.6 is 0 Å². The van der Waals surface area contributed by atoms with Gasteiger partial charge in [-0.15, -0.1) is 0 Å². The molecule has 2 aromatic heterocycles. The maximum absolute atomic E-state index is 11.0. The second-order valence-electron chi connectivity index (χ2n) is 6.18. The smallest absolute Gasteiger partial charge is 0.371 e. The summed E-state index contributed by atoms with van der Waals surface area (Å²) in [4.78, 5) is 21.8. The standard InChI is InChI=1S/C18H17N3O4/c22-14-2-1-5-21(10-14)18-19-8-13(9-20-18)11-3-4-12-7-16(17(23)24)25-15(12)6-11/h3-4,6-9,14,22H,1-2,5,10H2,(H,23,24). The zero-order valence-electron chi connectivity index (χ0n) is 13.4. The molecule has 1 unspecified atom stereocenters. The summed E-state index contributed by atoms with van der Waals surface area (Å²) in [6.45, 7) is 1.39. The first-order chi connectivity index (χ1) is 12.1. The van der Waals surface area contributed by atoms with Crippen molar-refractivity contribution in [1.82, 2.24) is 9.97 Å². The van der Waals surface area contributed by atoms with E-state index in [-0.39, 0.29) is 11.9 Å². The minimum Gasteiger partial charge on any atom is -0.475 e. The molecule has 0 radical (unpaired) electrons. The monoisotopic (exact) mass is 339 g/mol. The van der Waals surface area contributed by atoms with Crippen LogP contribution in [0.15, 0.2) is 41.1 Å². The number of carbonyl (C=O) groups is 1. The lowest BCUT2D eigenvalue weighted by Crippen LogP contribution is -2.39. The maximum atomic E-state index is 11.0. The van der Waals surface area contributed by atoms with Crippen LogP contribution < -0.4 is 4.90 Å². The molecule has 7 nitrogen and oxygen atoms in total. The van der Waals surface area contributed by atoms with Crippen LogP contribution in [0.1, 0.15) is 23.4 Å². The number of aliphatic hydroxyl groups excluding tert-OH is 1. The van der Waals surface area contributed by atoms with E-state index in [2.05, 4.69) is 9.97 Å². The lowest BCUT2D eigenvalue weighted by molar-refractivity contribution is 0.0665. The topological polar surface area (TPSA) is 99.7 Å². The van der Waals surface area contributed by atoms with Gasteiger partial charge in [-0.05, 0) is 30.5 Å². The molecule has 1 atom stereocenters. The van der Waals surface area contributed by atoms with Crippen LogP contribution in [0.2, 0.25) is 0 Å². The molecule has 1 aliphatic rings. The van der Waals surface area contributed by atoms with Crippen molar-refractivity contribution in [3.63, 3.8) is 0 Å². The first kappa shape index (κ1) is 15.6. The van der Waals surface area contributed by atoms with E-state index in [0.29, 0.717) is 18.1 Å². The highest BCUT2D eigenvalue weighted by molar-refractivity contribution is 5.92.